The van der Waals surface area contributed by atoms with Gasteiger partial charge in [-0.1, -0.05) is 12.5 Å². The number of ketones is 1. The van der Waals surface area contributed by atoms with Crippen LogP contribution >= 0.6 is 0 Å². The van der Waals surface area contributed by atoms with Gasteiger partial charge in [0.2, 0.25) is 0 Å². The quantitative estimate of drug-likeness (QED) is 0.588. The highest BCUT2D eigenvalue weighted by Gasteiger charge is 2.28. The zero-order chi connectivity index (χ0) is 11.5. The van der Waals surface area contributed by atoms with E-state index >= 15 is 0 Å². The van der Waals surface area contributed by atoms with E-state index in [0.29, 0.717) is 11.8 Å². The molecule has 0 heterocycles. The first-order chi connectivity index (χ1) is 7.72. The summed E-state index contributed by atoms with van der Waals surface area (Å²) in [7, 11) is 0. The van der Waals surface area contributed by atoms with E-state index in [4.69, 9.17) is 5.84 Å². The Morgan fingerprint density at radius 1 is 1.38 bits per heavy atom. The summed E-state index contributed by atoms with van der Waals surface area (Å²) in [6.07, 6.45) is 7.07. The molecule has 2 aliphatic carbocycles. The highest BCUT2D eigenvalue weighted by molar-refractivity contribution is 5.97. The normalized spacial score (nSPS) is 26.2. The molecule has 16 heavy (non-hydrogen) atoms. The van der Waals surface area contributed by atoms with E-state index in [1.165, 1.54) is 5.57 Å². The van der Waals surface area contributed by atoms with E-state index in [1.54, 1.807) is 0 Å². The van der Waals surface area contributed by atoms with Crippen LogP contribution in [0.1, 0.15) is 51.9 Å². The Balaban J connectivity index is 2.03. The first-order valence-corrected chi connectivity index (χ1v) is 6.47. The van der Waals surface area contributed by atoms with Crippen molar-refractivity contribution in [3.05, 3.63) is 11.1 Å². The van der Waals surface area contributed by atoms with Gasteiger partial charge in [-0.05, 0) is 44.1 Å². The fourth-order valence-corrected chi connectivity index (χ4v) is 2.92. The van der Waals surface area contributed by atoms with Crippen LogP contribution in [-0.4, -0.2) is 23.4 Å². The van der Waals surface area contributed by atoms with Crippen molar-refractivity contribution in [1.29, 1.82) is 0 Å². The van der Waals surface area contributed by atoms with Crippen molar-refractivity contribution >= 4 is 5.78 Å². The fraction of sp³-hybridized carbons (Fsp3) is 0.769. The van der Waals surface area contributed by atoms with Gasteiger partial charge in [0.25, 0.3) is 0 Å². The number of carbonyl (C=O) groups excluding carboxylic acids is 1. The van der Waals surface area contributed by atoms with Crippen molar-refractivity contribution in [2.45, 2.75) is 57.9 Å². The maximum absolute atomic E-state index is 11.7. The number of nitrogens with two attached hydrogens (primary N) is 1. The summed E-state index contributed by atoms with van der Waals surface area (Å²) < 4.78 is 0. The highest BCUT2D eigenvalue weighted by Crippen LogP contribution is 2.34. The molecule has 3 nitrogen and oxygen atoms in total. The van der Waals surface area contributed by atoms with Crippen LogP contribution in [0.2, 0.25) is 0 Å². The zero-order valence-electron chi connectivity index (χ0n) is 10.2. The van der Waals surface area contributed by atoms with Gasteiger partial charge in [-0.2, -0.15) is 0 Å². The summed E-state index contributed by atoms with van der Waals surface area (Å²) in [5.41, 5.74) is 2.55. The van der Waals surface area contributed by atoms with Gasteiger partial charge < -0.3 is 0 Å². The van der Waals surface area contributed by atoms with E-state index < -0.39 is 0 Å². The van der Waals surface area contributed by atoms with Gasteiger partial charge in [-0.15, -0.1) is 0 Å². The molecule has 0 radical (unpaired) electrons. The smallest absolute Gasteiger partial charge is 0.158 e. The number of hydrazine groups is 1. The summed E-state index contributed by atoms with van der Waals surface area (Å²) >= 11 is 0. The lowest BCUT2D eigenvalue weighted by Gasteiger charge is -2.34. The van der Waals surface area contributed by atoms with Crippen molar-refractivity contribution < 1.29 is 4.79 Å². The molecule has 1 unspecified atom stereocenters. The molecule has 2 N–H and O–H groups in total. The molecule has 0 fully saturated rings. The molecule has 0 bridgehead atoms. The van der Waals surface area contributed by atoms with Crippen molar-refractivity contribution in [2.24, 2.45) is 5.84 Å². The van der Waals surface area contributed by atoms with Crippen LogP contribution in [0, 0.1) is 0 Å². The lowest BCUT2D eigenvalue weighted by Crippen LogP contribution is -2.43. The van der Waals surface area contributed by atoms with Gasteiger partial charge in [0.05, 0.1) is 0 Å². The average molecular weight is 222 g/mol. The molecule has 0 amide bonds. The third-order valence-corrected chi connectivity index (χ3v) is 3.81. The summed E-state index contributed by atoms with van der Waals surface area (Å²) in [6.45, 7) is 3.11. The minimum Gasteiger partial charge on any atom is -0.295 e. The van der Waals surface area contributed by atoms with Gasteiger partial charge in [-0.3, -0.25) is 10.6 Å². The van der Waals surface area contributed by atoms with Crippen LogP contribution in [-0.2, 0) is 4.79 Å². The number of carbonyl (C=O) groups is 1. The zero-order valence-corrected chi connectivity index (χ0v) is 10.2. The second-order valence-electron chi connectivity index (χ2n) is 4.99. The standard InChI is InChI=1S/C13H22N2O/c1-2-8-15(14)11-6-7-12-10(9-11)4-3-5-13(12)16/h11H,2-9,14H2,1H3. The second-order valence-corrected chi connectivity index (χ2v) is 4.99. The van der Waals surface area contributed by atoms with Crippen LogP contribution in [0.15, 0.2) is 11.1 Å². The highest BCUT2D eigenvalue weighted by atomic mass is 16.1. The Labute approximate surface area is 97.6 Å². The Hall–Kier alpha value is -0.670. The number of Topliss-reactive ketones (excluding diaryl/α,β-unsaturated/α-hetero) is 1. The van der Waals surface area contributed by atoms with Gasteiger partial charge in [0, 0.05) is 19.0 Å². The van der Waals surface area contributed by atoms with Crippen LogP contribution < -0.4 is 5.84 Å². The molecular formula is C13H22N2O. The van der Waals surface area contributed by atoms with E-state index in [0.717, 1.165) is 57.1 Å². The van der Waals surface area contributed by atoms with Crippen LogP contribution in [0.5, 0.6) is 0 Å². The number of hydrogen-bond donors (Lipinski definition) is 1. The molecule has 1 atom stereocenters. The predicted octanol–water partition coefficient (Wildman–Crippen LogP) is 2.17. The molecular weight excluding hydrogens is 200 g/mol. The SMILES string of the molecule is CCCN(N)C1CCC2=C(CCCC2=O)C1. The van der Waals surface area contributed by atoms with Crippen molar-refractivity contribution in [1.82, 2.24) is 5.01 Å². The molecule has 0 saturated carbocycles. The number of rotatable bonds is 3. The van der Waals surface area contributed by atoms with Crippen molar-refractivity contribution in [3.8, 4) is 0 Å². The maximum atomic E-state index is 11.7. The van der Waals surface area contributed by atoms with Gasteiger partial charge in [0.1, 0.15) is 0 Å². The Morgan fingerprint density at radius 3 is 2.94 bits per heavy atom. The van der Waals surface area contributed by atoms with Crippen LogP contribution in [0.3, 0.4) is 0 Å². The average Bonchev–Trinajstić information content (AvgIpc) is 2.29. The molecule has 0 aliphatic heterocycles. The van der Waals surface area contributed by atoms with Crippen LogP contribution in [0.25, 0.3) is 0 Å². The van der Waals surface area contributed by atoms with Gasteiger partial charge >= 0.3 is 0 Å². The molecule has 0 aromatic rings. The predicted molar refractivity (Wildman–Crippen MR) is 64.7 cm³/mol. The number of allylic oxidation sites excluding steroid dienone is 1. The molecule has 0 spiro atoms. The fourth-order valence-electron chi connectivity index (χ4n) is 2.92. The lowest BCUT2D eigenvalue weighted by atomic mass is 9.79. The summed E-state index contributed by atoms with van der Waals surface area (Å²) in [5.74, 6) is 6.44. The van der Waals surface area contributed by atoms with E-state index in [-0.39, 0.29) is 0 Å². The van der Waals surface area contributed by atoms with E-state index in [9.17, 15) is 4.79 Å². The van der Waals surface area contributed by atoms with Crippen molar-refractivity contribution in [3.63, 3.8) is 0 Å². The molecule has 0 aromatic carbocycles. The van der Waals surface area contributed by atoms with Crippen LogP contribution in [0.4, 0.5) is 0 Å². The molecule has 0 saturated heterocycles. The Bertz CT molecular complexity index is 309. The largest absolute Gasteiger partial charge is 0.295 e. The summed E-state index contributed by atoms with van der Waals surface area (Å²) in [4.78, 5) is 11.7. The first kappa shape index (κ1) is 11.8. The molecule has 3 heteroatoms. The monoisotopic (exact) mass is 222 g/mol. The number of hydrogen-bond acceptors (Lipinski definition) is 3. The molecule has 2 rings (SSSR count). The third kappa shape index (κ3) is 2.36. The Morgan fingerprint density at radius 2 is 2.19 bits per heavy atom. The first-order valence-electron chi connectivity index (χ1n) is 6.47. The van der Waals surface area contributed by atoms with E-state index in [1.807, 2.05) is 5.01 Å². The van der Waals surface area contributed by atoms with Crippen molar-refractivity contribution in [2.75, 3.05) is 6.54 Å². The summed E-state index contributed by atoms with van der Waals surface area (Å²) in [5, 5.41) is 1.98. The topological polar surface area (TPSA) is 46.3 Å². The minimum atomic E-state index is 0.402. The summed E-state index contributed by atoms with van der Waals surface area (Å²) in [6, 6.07) is 0.463. The van der Waals surface area contributed by atoms with Gasteiger partial charge in [-0.25, -0.2) is 5.01 Å². The Kier molecular flexibility index (Phi) is 3.77. The third-order valence-electron chi connectivity index (χ3n) is 3.81. The van der Waals surface area contributed by atoms with E-state index in [2.05, 4.69) is 6.92 Å². The minimum absolute atomic E-state index is 0.402. The molecule has 90 valence electrons. The second kappa shape index (κ2) is 5.11. The lowest BCUT2D eigenvalue weighted by molar-refractivity contribution is -0.116. The molecule has 0 aromatic heterocycles. The number of nitrogens with zero attached hydrogens (tertiary/aromatic N) is 1. The van der Waals surface area contributed by atoms with Gasteiger partial charge in [0.15, 0.2) is 5.78 Å². The molecule has 2 aliphatic rings. The maximum Gasteiger partial charge on any atom is 0.158 e.